The molecule has 0 aliphatic heterocycles. The van der Waals surface area contributed by atoms with Gasteiger partial charge in [0, 0.05) is 0 Å². The van der Waals surface area contributed by atoms with Crippen LogP contribution in [0.15, 0.2) is 121 Å². The van der Waals surface area contributed by atoms with Crippen molar-refractivity contribution in [2.75, 3.05) is 0 Å². The van der Waals surface area contributed by atoms with Crippen LogP contribution in [0.4, 0.5) is 0 Å². The first-order chi connectivity index (χ1) is 18.5. The summed E-state index contributed by atoms with van der Waals surface area (Å²) in [5, 5.41) is 0. The summed E-state index contributed by atoms with van der Waals surface area (Å²) in [5.41, 5.74) is -2.87. The highest BCUT2D eigenvalue weighted by molar-refractivity contribution is 6.21. The van der Waals surface area contributed by atoms with E-state index in [1.165, 1.54) is 48.5 Å². The molecule has 8 heteroatoms. The lowest BCUT2D eigenvalue weighted by molar-refractivity contribution is -0.175. The third-order valence-corrected chi connectivity index (χ3v) is 5.29. The molecule has 0 unspecified atom stereocenters. The summed E-state index contributed by atoms with van der Waals surface area (Å²) in [6.45, 7) is 0. The lowest BCUT2D eigenvalue weighted by Gasteiger charge is -2.26. The molecule has 0 heterocycles. The normalized spacial score (nSPS) is 10.6. The van der Waals surface area contributed by atoms with Crippen molar-refractivity contribution >= 4 is 23.9 Å². The fourth-order valence-electron chi connectivity index (χ4n) is 3.39. The van der Waals surface area contributed by atoms with Crippen LogP contribution >= 0.6 is 0 Å². The first-order valence-corrected chi connectivity index (χ1v) is 11.5. The number of hydrogen-bond donors (Lipinski definition) is 0. The number of carbonyl (C=O) groups is 4. The molecule has 0 fully saturated rings. The number of carbonyl (C=O) groups excluding carboxylic acids is 4. The molecular weight excluding hydrogens is 488 g/mol. The van der Waals surface area contributed by atoms with Crippen LogP contribution in [0.2, 0.25) is 0 Å². The molecule has 0 bridgehead atoms. The average Bonchev–Trinajstić information content (AvgIpc) is 2.93. The van der Waals surface area contributed by atoms with E-state index in [2.05, 4.69) is 0 Å². The van der Waals surface area contributed by atoms with Gasteiger partial charge in [-0.25, -0.2) is 14.4 Å². The lowest BCUT2D eigenvalue weighted by Crippen LogP contribution is -2.54. The molecule has 0 aliphatic rings. The summed E-state index contributed by atoms with van der Waals surface area (Å²) in [5.74, 6) is -4.89. The first-order valence-electron chi connectivity index (χ1n) is 11.5. The van der Waals surface area contributed by atoms with Crippen molar-refractivity contribution in [1.29, 1.82) is 0 Å². The minimum Gasteiger partial charge on any atom is -0.426 e. The van der Waals surface area contributed by atoms with E-state index >= 15 is 0 Å². The Morgan fingerprint density at radius 3 is 0.974 bits per heavy atom. The highest BCUT2D eigenvalue weighted by Crippen LogP contribution is 2.32. The summed E-state index contributed by atoms with van der Waals surface area (Å²) in [7, 11) is 0. The topological polar surface area (TPSA) is 105 Å². The van der Waals surface area contributed by atoms with Gasteiger partial charge in [-0.05, 0) is 48.5 Å². The third-order valence-electron chi connectivity index (χ3n) is 5.29. The van der Waals surface area contributed by atoms with Crippen molar-refractivity contribution in [2.24, 2.45) is 5.41 Å². The van der Waals surface area contributed by atoms with Gasteiger partial charge in [-0.3, -0.25) is 4.79 Å². The highest BCUT2D eigenvalue weighted by atomic mass is 16.6. The van der Waals surface area contributed by atoms with Crippen molar-refractivity contribution in [1.82, 2.24) is 0 Å². The van der Waals surface area contributed by atoms with Crippen molar-refractivity contribution in [3.05, 3.63) is 121 Å². The first kappa shape index (κ1) is 25.8. The summed E-state index contributed by atoms with van der Waals surface area (Å²) < 4.78 is 21.5. The zero-order chi connectivity index (χ0) is 26.8. The second-order valence-corrected chi connectivity index (χ2v) is 7.98. The molecule has 0 amide bonds. The number of esters is 4. The second kappa shape index (κ2) is 12.1. The van der Waals surface area contributed by atoms with E-state index in [0.717, 1.165) is 0 Å². The van der Waals surface area contributed by atoms with Gasteiger partial charge in [-0.1, -0.05) is 72.8 Å². The molecule has 190 valence electrons. The van der Waals surface area contributed by atoms with E-state index < -0.39 is 35.7 Å². The van der Waals surface area contributed by atoms with E-state index in [1.54, 1.807) is 72.8 Å². The zero-order valence-electron chi connectivity index (χ0n) is 20.0. The fraction of sp³-hybridized carbons (Fsp3) is 0.0667. The number of hydrogen-bond acceptors (Lipinski definition) is 8. The summed E-state index contributed by atoms with van der Waals surface area (Å²) in [6, 6.07) is 31.4. The highest BCUT2D eigenvalue weighted by Gasteiger charge is 2.60. The van der Waals surface area contributed by atoms with Crippen LogP contribution in [0.25, 0.3) is 0 Å². The summed E-state index contributed by atoms with van der Waals surface area (Å²) >= 11 is 0. The smallest absolute Gasteiger partial charge is 0.341 e. The Morgan fingerprint density at radius 1 is 0.421 bits per heavy atom. The van der Waals surface area contributed by atoms with Crippen LogP contribution in [-0.2, 0) is 19.2 Å². The monoisotopic (exact) mass is 510 g/mol. The second-order valence-electron chi connectivity index (χ2n) is 7.98. The minimum atomic E-state index is -2.87. The zero-order valence-corrected chi connectivity index (χ0v) is 20.0. The SMILES string of the molecule is O=C(CC(C(=O)Oc1ccccc1)(C(=O)Oc1ccccc1)C(=O)Oc1ccccc1)Oc1ccccc1. The van der Waals surface area contributed by atoms with E-state index in [9.17, 15) is 19.2 Å². The molecule has 0 saturated carbocycles. The van der Waals surface area contributed by atoms with Crippen LogP contribution < -0.4 is 18.9 Å². The summed E-state index contributed by atoms with van der Waals surface area (Å²) in [4.78, 5) is 54.0. The molecule has 4 aromatic carbocycles. The molecule has 4 rings (SSSR count). The Kier molecular flexibility index (Phi) is 8.25. The predicted octanol–water partition coefficient (Wildman–Crippen LogP) is 4.79. The Morgan fingerprint density at radius 2 is 0.684 bits per heavy atom. The quantitative estimate of drug-likeness (QED) is 0.180. The fourth-order valence-corrected chi connectivity index (χ4v) is 3.39. The largest absolute Gasteiger partial charge is 0.426 e. The van der Waals surface area contributed by atoms with Crippen molar-refractivity contribution in [3.8, 4) is 23.0 Å². The van der Waals surface area contributed by atoms with Crippen LogP contribution in [0.3, 0.4) is 0 Å². The Bertz CT molecular complexity index is 1260. The van der Waals surface area contributed by atoms with E-state index in [0.29, 0.717) is 0 Å². The molecule has 0 spiro atoms. The Balaban J connectivity index is 1.75. The number of para-hydroxylation sites is 4. The van der Waals surface area contributed by atoms with Gasteiger partial charge in [0.05, 0.1) is 6.42 Å². The van der Waals surface area contributed by atoms with Gasteiger partial charge in [0.25, 0.3) is 5.41 Å². The van der Waals surface area contributed by atoms with Gasteiger partial charge in [0.15, 0.2) is 0 Å². The maximum atomic E-state index is 13.7. The average molecular weight is 510 g/mol. The Hall–Kier alpha value is -5.24. The van der Waals surface area contributed by atoms with E-state index in [4.69, 9.17) is 18.9 Å². The number of ether oxygens (including phenoxy) is 4. The molecule has 38 heavy (non-hydrogen) atoms. The van der Waals surface area contributed by atoms with Crippen LogP contribution in [0, 0.1) is 5.41 Å². The van der Waals surface area contributed by atoms with Gasteiger partial charge in [-0.15, -0.1) is 0 Å². The van der Waals surface area contributed by atoms with Gasteiger partial charge in [0.2, 0.25) is 0 Å². The van der Waals surface area contributed by atoms with Crippen molar-refractivity contribution in [2.45, 2.75) is 6.42 Å². The molecule has 0 atom stereocenters. The van der Waals surface area contributed by atoms with Gasteiger partial charge in [0.1, 0.15) is 23.0 Å². The van der Waals surface area contributed by atoms with Crippen LogP contribution in [0.1, 0.15) is 6.42 Å². The molecule has 0 aromatic heterocycles. The molecule has 0 aliphatic carbocycles. The van der Waals surface area contributed by atoms with E-state index in [-0.39, 0.29) is 23.0 Å². The Labute approximate surface area is 218 Å². The molecule has 8 nitrogen and oxygen atoms in total. The lowest BCUT2D eigenvalue weighted by atomic mass is 9.84. The summed E-state index contributed by atoms with van der Waals surface area (Å²) in [6.07, 6.45) is -1.05. The maximum Gasteiger partial charge on any atom is 0.341 e. The van der Waals surface area contributed by atoms with E-state index in [1.807, 2.05) is 0 Å². The number of benzene rings is 4. The number of rotatable bonds is 9. The van der Waals surface area contributed by atoms with Crippen molar-refractivity contribution in [3.63, 3.8) is 0 Å². The van der Waals surface area contributed by atoms with Crippen LogP contribution in [-0.4, -0.2) is 23.9 Å². The predicted molar refractivity (Wildman–Crippen MR) is 135 cm³/mol. The van der Waals surface area contributed by atoms with Gasteiger partial charge < -0.3 is 18.9 Å². The standard InChI is InChI=1S/C30H22O8/c31-26(35-22-13-5-1-6-14-22)21-30(27(32)36-23-15-7-2-8-16-23,28(33)37-24-17-9-3-10-18-24)29(34)38-25-19-11-4-12-20-25/h1-20H,21H2. The molecular formula is C30H22O8. The molecule has 0 N–H and O–H groups in total. The third kappa shape index (κ3) is 6.30. The molecule has 4 aromatic rings. The molecule has 0 radical (unpaired) electrons. The van der Waals surface area contributed by atoms with Gasteiger partial charge in [-0.2, -0.15) is 0 Å². The van der Waals surface area contributed by atoms with Crippen LogP contribution in [0.5, 0.6) is 23.0 Å². The van der Waals surface area contributed by atoms with Gasteiger partial charge >= 0.3 is 23.9 Å². The minimum absolute atomic E-state index is 0.0401. The molecule has 0 saturated heterocycles. The van der Waals surface area contributed by atoms with Crippen molar-refractivity contribution < 1.29 is 38.1 Å². The maximum absolute atomic E-state index is 13.7.